The zero-order chi connectivity index (χ0) is 18.3. The van der Waals surface area contributed by atoms with Crippen molar-refractivity contribution in [1.29, 1.82) is 0 Å². The van der Waals surface area contributed by atoms with E-state index in [1.165, 1.54) is 0 Å². The second-order valence-corrected chi connectivity index (χ2v) is 20.3. The van der Waals surface area contributed by atoms with E-state index in [0.717, 1.165) is 24.6 Å². The van der Waals surface area contributed by atoms with Crippen LogP contribution in [-0.2, 0) is 17.8 Å². The first kappa shape index (κ1) is 23.0. The molecule has 0 aliphatic rings. The quantitative estimate of drug-likeness (QED) is 0.363. The monoisotopic (exact) mass is 378 g/mol. The van der Waals surface area contributed by atoms with Gasteiger partial charge in [-0.25, -0.2) is 0 Å². The molecule has 0 aromatic rings. The fraction of sp³-hybridized carbons (Fsp3) is 0.938. The Labute approximate surface area is 146 Å². The first-order chi connectivity index (χ1) is 10.4. The fourth-order valence-corrected chi connectivity index (χ4v) is 17.2. The van der Waals surface area contributed by atoms with Gasteiger partial charge in [0.15, 0.2) is 16.6 Å². The summed E-state index contributed by atoms with van der Waals surface area (Å²) in [5, 5.41) is 0. The van der Waals surface area contributed by atoms with Crippen LogP contribution in [0.2, 0.25) is 50.4 Å². The van der Waals surface area contributed by atoms with E-state index in [9.17, 15) is 4.79 Å². The van der Waals surface area contributed by atoms with Crippen molar-refractivity contribution in [1.82, 2.24) is 0 Å². The molecule has 1 atom stereocenters. The highest BCUT2D eigenvalue weighted by Gasteiger charge is 2.42. The molecule has 0 saturated heterocycles. The Hall–Kier alpha value is 0.0406. The Morgan fingerprint density at radius 1 is 0.913 bits per heavy atom. The van der Waals surface area contributed by atoms with Gasteiger partial charge in [-0.3, -0.25) is 4.79 Å². The number of rotatable bonds is 11. The SMILES string of the molecule is CCC(C)OC(=O)C[Si](C)(C)O[Si](C)(C)O[Si](CC)(CC)CC. The molecule has 0 aromatic carbocycles. The van der Waals surface area contributed by atoms with Gasteiger partial charge < -0.3 is 13.0 Å². The molecule has 0 aromatic heterocycles. The summed E-state index contributed by atoms with van der Waals surface area (Å²) in [6.45, 7) is 19.1. The molecule has 7 heteroatoms. The van der Waals surface area contributed by atoms with E-state index in [1.807, 2.05) is 13.8 Å². The average Bonchev–Trinajstić information content (AvgIpc) is 2.42. The van der Waals surface area contributed by atoms with E-state index >= 15 is 0 Å². The predicted octanol–water partition coefficient (Wildman–Crippen LogP) is 5.27. The molecule has 0 radical (unpaired) electrons. The van der Waals surface area contributed by atoms with Crippen LogP contribution >= 0.6 is 0 Å². The zero-order valence-electron chi connectivity index (χ0n) is 16.7. The maximum Gasteiger partial charge on any atom is 0.311 e. The number of ether oxygens (including phenoxy) is 1. The van der Waals surface area contributed by atoms with Crippen LogP contribution in [0.1, 0.15) is 41.0 Å². The summed E-state index contributed by atoms with van der Waals surface area (Å²) >= 11 is 0. The Morgan fingerprint density at radius 2 is 1.39 bits per heavy atom. The molecule has 0 fully saturated rings. The van der Waals surface area contributed by atoms with Crippen molar-refractivity contribution in [2.24, 2.45) is 0 Å². The molecule has 0 aliphatic heterocycles. The van der Waals surface area contributed by atoms with Crippen molar-refractivity contribution < 1.29 is 17.8 Å². The predicted molar refractivity (Wildman–Crippen MR) is 105 cm³/mol. The molecule has 4 nitrogen and oxygen atoms in total. The van der Waals surface area contributed by atoms with Crippen molar-refractivity contribution in [3.8, 4) is 0 Å². The van der Waals surface area contributed by atoms with Crippen LogP contribution in [0.4, 0.5) is 0 Å². The summed E-state index contributed by atoms with van der Waals surface area (Å²) in [4.78, 5) is 12.1. The maximum atomic E-state index is 12.1. The Kier molecular flexibility index (Phi) is 9.52. The molecule has 0 bridgehead atoms. The molecule has 23 heavy (non-hydrogen) atoms. The summed E-state index contributed by atoms with van der Waals surface area (Å²) in [6.07, 6.45) is 0.823. The second kappa shape index (κ2) is 9.50. The first-order valence-corrected chi connectivity index (χ1v) is 17.5. The van der Waals surface area contributed by atoms with E-state index in [2.05, 4.69) is 47.0 Å². The Morgan fingerprint density at radius 3 is 1.78 bits per heavy atom. The van der Waals surface area contributed by atoms with E-state index in [4.69, 9.17) is 13.0 Å². The van der Waals surface area contributed by atoms with Crippen LogP contribution < -0.4 is 0 Å². The standard InChI is InChI=1S/C16H38O4Si3/c1-10-15(5)18-16(17)14-21(6,7)19-22(8,9)20-23(11-2,12-3)13-4/h15H,10-14H2,1-9H3. The summed E-state index contributed by atoms with van der Waals surface area (Å²) in [7, 11) is -6.05. The van der Waals surface area contributed by atoms with Gasteiger partial charge >= 0.3 is 14.5 Å². The van der Waals surface area contributed by atoms with Gasteiger partial charge in [-0.15, -0.1) is 0 Å². The molecule has 0 heterocycles. The van der Waals surface area contributed by atoms with Crippen LogP contribution in [0.3, 0.4) is 0 Å². The Bertz CT molecular complexity index is 360. The fourth-order valence-electron chi connectivity index (χ4n) is 2.91. The highest BCUT2D eigenvalue weighted by molar-refractivity contribution is 6.89. The molecule has 1 unspecified atom stereocenters. The summed E-state index contributed by atoms with van der Waals surface area (Å²) < 4.78 is 18.5. The van der Waals surface area contributed by atoms with Crippen LogP contribution in [0.15, 0.2) is 0 Å². The van der Waals surface area contributed by atoms with Gasteiger partial charge in [0.05, 0.1) is 12.1 Å². The van der Waals surface area contributed by atoms with Crippen LogP contribution in [0, 0.1) is 0 Å². The third kappa shape index (κ3) is 8.62. The van der Waals surface area contributed by atoms with Crippen molar-refractivity contribution in [3.05, 3.63) is 0 Å². The van der Waals surface area contributed by atoms with Crippen LogP contribution in [0.5, 0.6) is 0 Å². The van der Waals surface area contributed by atoms with Gasteiger partial charge in [0.2, 0.25) is 0 Å². The lowest BCUT2D eigenvalue weighted by Gasteiger charge is -2.40. The number of carbonyl (C=O) groups is 1. The Balaban J connectivity index is 4.82. The minimum Gasteiger partial charge on any atom is -0.463 e. The lowest BCUT2D eigenvalue weighted by Crippen LogP contribution is -2.54. The topological polar surface area (TPSA) is 44.8 Å². The van der Waals surface area contributed by atoms with Crippen molar-refractivity contribution >= 4 is 31.2 Å². The largest absolute Gasteiger partial charge is 0.463 e. The van der Waals surface area contributed by atoms with E-state index in [0.29, 0.717) is 6.04 Å². The third-order valence-electron chi connectivity index (χ3n) is 4.39. The molecule has 138 valence electrons. The van der Waals surface area contributed by atoms with E-state index in [-0.39, 0.29) is 12.1 Å². The lowest BCUT2D eigenvalue weighted by atomic mass is 10.3. The zero-order valence-corrected chi connectivity index (χ0v) is 19.7. The number of esters is 1. The van der Waals surface area contributed by atoms with Crippen LogP contribution in [0.25, 0.3) is 0 Å². The molecule has 0 N–H and O–H groups in total. The lowest BCUT2D eigenvalue weighted by molar-refractivity contribution is -0.145. The minimum atomic E-state index is -2.24. The molecule has 0 rings (SSSR count). The van der Waals surface area contributed by atoms with Gasteiger partial charge in [-0.1, -0.05) is 27.7 Å². The van der Waals surface area contributed by atoms with Gasteiger partial charge in [-0.05, 0) is 57.7 Å². The average molecular weight is 379 g/mol. The van der Waals surface area contributed by atoms with Gasteiger partial charge in [0, 0.05) is 0 Å². The van der Waals surface area contributed by atoms with Gasteiger partial charge in [-0.2, -0.15) is 0 Å². The normalized spacial score (nSPS) is 14.7. The van der Waals surface area contributed by atoms with Gasteiger partial charge in [0.1, 0.15) is 0 Å². The second-order valence-electron chi connectivity index (χ2n) is 7.49. The highest BCUT2D eigenvalue weighted by Crippen LogP contribution is 2.29. The first-order valence-electron chi connectivity index (χ1n) is 9.04. The van der Waals surface area contributed by atoms with Crippen molar-refractivity contribution in [2.75, 3.05) is 0 Å². The highest BCUT2D eigenvalue weighted by atomic mass is 28.5. The molecule has 0 spiro atoms. The third-order valence-corrected chi connectivity index (χ3v) is 17.3. The summed E-state index contributed by atoms with van der Waals surface area (Å²) in [5.74, 6) is -0.134. The number of hydrogen-bond acceptors (Lipinski definition) is 4. The number of hydrogen-bond donors (Lipinski definition) is 0. The molecular formula is C16H38O4Si3. The van der Waals surface area contributed by atoms with E-state index < -0.39 is 25.2 Å². The minimum absolute atomic E-state index is 0.0193. The van der Waals surface area contributed by atoms with Gasteiger partial charge in [0.25, 0.3) is 0 Å². The van der Waals surface area contributed by atoms with Crippen LogP contribution in [-0.4, -0.2) is 37.3 Å². The van der Waals surface area contributed by atoms with Crippen molar-refractivity contribution in [2.45, 2.75) is 97.5 Å². The summed E-state index contributed by atoms with van der Waals surface area (Å²) in [6, 6.07) is 3.77. The smallest absolute Gasteiger partial charge is 0.311 e. The molecule has 0 saturated carbocycles. The van der Waals surface area contributed by atoms with Crippen molar-refractivity contribution in [3.63, 3.8) is 0 Å². The molecule has 0 amide bonds. The molecule has 0 aliphatic carbocycles. The van der Waals surface area contributed by atoms with E-state index in [1.54, 1.807) is 0 Å². The maximum absolute atomic E-state index is 12.1. The number of carbonyl (C=O) groups excluding carboxylic acids is 1. The summed E-state index contributed by atoms with van der Waals surface area (Å²) in [5.41, 5.74) is 0. The molecular weight excluding hydrogens is 340 g/mol.